The van der Waals surface area contributed by atoms with Crippen LogP contribution in [0.5, 0.6) is 0 Å². The van der Waals surface area contributed by atoms with E-state index in [-0.39, 0.29) is 0 Å². The predicted octanol–water partition coefficient (Wildman–Crippen LogP) is 3.51. The van der Waals surface area contributed by atoms with Crippen LogP contribution in [0.25, 0.3) is 11.0 Å². The normalized spacial score (nSPS) is 26.9. The molecule has 3 unspecified atom stereocenters. The molecule has 4 heteroatoms. The van der Waals surface area contributed by atoms with E-state index in [9.17, 15) is 0 Å². The summed E-state index contributed by atoms with van der Waals surface area (Å²) in [5, 5.41) is 9.27. The van der Waals surface area contributed by atoms with Crippen molar-refractivity contribution in [1.29, 1.82) is 0 Å². The Bertz CT molecular complexity index is 616. The van der Waals surface area contributed by atoms with Gasteiger partial charge in [-0.15, -0.1) is 0 Å². The lowest BCUT2D eigenvalue weighted by Gasteiger charge is -2.35. The molecular formula is C16H24N4. The highest BCUT2D eigenvalue weighted by Crippen LogP contribution is 2.32. The van der Waals surface area contributed by atoms with Crippen molar-refractivity contribution in [2.75, 3.05) is 5.32 Å². The van der Waals surface area contributed by atoms with E-state index in [1.165, 1.54) is 19.3 Å². The van der Waals surface area contributed by atoms with Crippen molar-refractivity contribution in [2.24, 2.45) is 18.9 Å². The largest absolute Gasteiger partial charge is 0.381 e. The molecule has 0 radical (unpaired) electrons. The highest BCUT2D eigenvalue weighted by atomic mass is 15.3. The van der Waals surface area contributed by atoms with E-state index in [0.29, 0.717) is 6.04 Å². The molecule has 3 atom stereocenters. The minimum atomic E-state index is 0.565. The SMILES string of the molecule is Cc1nn(C)c2ncc(NC3CCCC(C)C3C)cc12. The van der Waals surface area contributed by atoms with E-state index in [2.05, 4.69) is 35.3 Å². The Labute approximate surface area is 120 Å². The average molecular weight is 272 g/mol. The van der Waals surface area contributed by atoms with Gasteiger partial charge in [-0.25, -0.2) is 4.98 Å². The first-order valence-electron chi connectivity index (χ1n) is 7.62. The standard InChI is InChI=1S/C16H24N4/c1-10-6-5-7-15(11(10)2)18-13-8-14-12(3)19-20(4)16(14)17-9-13/h8-11,15,18H,5-7H2,1-4H3. The van der Waals surface area contributed by atoms with Crippen LogP contribution in [0.2, 0.25) is 0 Å². The van der Waals surface area contributed by atoms with Crippen LogP contribution in [-0.2, 0) is 7.05 Å². The third kappa shape index (κ3) is 2.28. The van der Waals surface area contributed by atoms with Crippen molar-refractivity contribution < 1.29 is 0 Å². The van der Waals surface area contributed by atoms with Gasteiger partial charge in [-0.05, 0) is 31.2 Å². The Kier molecular flexibility index (Phi) is 3.40. The van der Waals surface area contributed by atoms with Gasteiger partial charge >= 0.3 is 0 Å². The maximum Gasteiger partial charge on any atom is 0.157 e. The summed E-state index contributed by atoms with van der Waals surface area (Å²) in [7, 11) is 1.94. The Morgan fingerprint density at radius 3 is 2.90 bits per heavy atom. The number of nitrogens with one attached hydrogen (secondary N) is 1. The Balaban J connectivity index is 1.85. The fourth-order valence-electron chi connectivity index (χ4n) is 3.39. The Morgan fingerprint density at radius 1 is 1.30 bits per heavy atom. The molecule has 1 saturated carbocycles. The van der Waals surface area contributed by atoms with E-state index in [1.54, 1.807) is 0 Å². The molecule has 4 nitrogen and oxygen atoms in total. The topological polar surface area (TPSA) is 42.7 Å². The van der Waals surface area contributed by atoms with Crippen molar-refractivity contribution in [3.05, 3.63) is 18.0 Å². The lowest BCUT2D eigenvalue weighted by Crippen LogP contribution is -2.35. The van der Waals surface area contributed by atoms with Gasteiger partial charge in [0.05, 0.1) is 17.6 Å². The molecule has 1 aliphatic carbocycles. The van der Waals surface area contributed by atoms with Gasteiger partial charge in [0.2, 0.25) is 0 Å². The van der Waals surface area contributed by atoms with Gasteiger partial charge in [-0.1, -0.05) is 26.7 Å². The predicted molar refractivity (Wildman–Crippen MR) is 82.8 cm³/mol. The van der Waals surface area contributed by atoms with Crippen LogP contribution in [0.4, 0.5) is 5.69 Å². The fraction of sp³-hybridized carbons (Fsp3) is 0.625. The van der Waals surface area contributed by atoms with E-state index in [1.807, 2.05) is 24.9 Å². The quantitative estimate of drug-likeness (QED) is 0.909. The van der Waals surface area contributed by atoms with E-state index >= 15 is 0 Å². The molecule has 1 aliphatic rings. The minimum absolute atomic E-state index is 0.565. The number of hydrogen-bond acceptors (Lipinski definition) is 3. The Morgan fingerprint density at radius 2 is 2.10 bits per heavy atom. The summed E-state index contributed by atoms with van der Waals surface area (Å²) in [6.45, 7) is 6.77. The minimum Gasteiger partial charge on any atom is -0.381 e. The van der Waals surface area contributed by atoms with Crippen molar-refractivity contribution in [1.82, 2.24) is 14.8 Å². The number of anilines is 1. The fourth-order valence-corrected chi connectivity index (χ4v) is 3.39. The van der Waals surface area contributed by atoms with Gasteiger partial charge in [0.15, 0.2) is 5.65 Å². The summed E-state index contributed by atoms with van der Waals surface area (Å²) in [4.78, 5) is 4.55. The number of aromatic nitrogens is 3. The van der Waals surface area contributed by atoms with Crippen molar-refractivity contribution in [3.8, 4) is 0 Å². The van der Waals surface area contributed by atoms with Crippen LogP contribution in [0.3, 0.4) is 0 Å². The summed E-state index contributed by atoms with van der Waals surface area (Å²) in [5.74, 6) is 1.52. The molecular weight excluding hydrogens is 248 g/mol. The zero-order valence-corrected chi connectivity index (χ0v) is 12.8. The molecule has 1 fully saturated rings. The average Bonchev–Trinajstić information content (AvgIpc) is 2.70. The Hall–Kier alpha value is -1.58. The zero-order valence-electron chi connectivity index (χ0n) is 12.8. The van der Waals surface area contributed by atoms with E-state index in [4.69, 9.17) is 0 Å². The van der Waals surface area contributed by atoms with Crippen LogP contribution in [0.1, 0.15) is 38.8 Å². The smallest absolute Gasteiger partial charge is 0.157 e. The molecule has 2 aromatic rings. The highest BCUT2D eigenvalue weighted by Gasteiger charge is 2.27. The summed E-state index contributed by atoms with van der Waals surface area (Å²) in [5.41, 5.74) is 3.13. The molecule has 2 aromatic heterocycles. The zero-order chi connectivity index (χ0) is 14.3. The monoisotopic (exact) mass is 272 g/mol. The van der Waals surface area contributed by atoms with Crippen LogP contribution in [0, 0.1) is 18.8 Å². The number of nitrogens with zero attached hydrogens (tertiary/aromatic N) is 3. The van der Waals surface area contributed by atoms with Crippen LogP contribution in [0.15, 0.2) is 12.3 Å². The summed E-state index contributed by atoms with van der Waals surface area (Å²) >= 11 is 0. The first-order chi connectivity index (χ1) is 9.56. The molecule has 0 aromatic carbocycles. The number of rotatable bonds is 2. The van der Waals surface area contributed by atoms with Crippen molar-refractivity contribution in [2.45, 2.75) is 46.1 Å². The molecule has 1 N–H and O–H groups in total. The van der Waals surface area contributed by atoms with Crippen LogP contribution in [-0.4, -0.2) is 20.8 Å². The van der Waals surface area contributed by atoms with Gasteiger partial charge in [0, 0.05) is 18.5 Å². The summed E-state index contributed by atoms with van der Waals surface area (Å²) < 4.78 is 1.85. The molecule has 2 heterocycles. The molecule has 20 heavy (non-hydrogen) atoms. The van der Waals surface area contributed by atoms with Gasteiger partial charge < -0.3 is 5.32 Å². The van der Waals surface area contributed by atoms with E-state index in [0.717, 1.165) is 34.3 Å². The number of fused-ring (bicyclic) bond motifs is 1. The molecule has 0 aliphatic heterocycles. The van der Waals surface area contributed by atoms with Crippen LogP contribution >= 0.6 is 0 Å². The summed E-state index contributed by atoms with van der Waals surface area (Å²) in [6.07, 6.45) is 5.88. The molecule has 0 bridgehead atoms. The van der Waals surface area contributed by atoms with Gasteiger partial charge in [-0.2, -0.15) is 5.10 Å². The second-order valence-electron chi connectivity index (χ2n) is 6.32. The molecule has 3 rings (SSSR count). The van der Waals surface area contributed by atoms with Crippen molar-refractivity contribution in [3.63, 3.8) is 0 Å². The third-order valence-electron chi connectivity index (χ3n) is 4.92. The maximum absolute atomic E-state index is 4.55. The molecule has 0 amide bonds. The molecule has 108 valence electrons. The van der Waals surface area contributed by atoms with Gasteiger partial charge in [0.25, 0.3) is 0 Å². The highest BCUT2D eigenvalue weighted by molar-refractivity contribution is 5.81. The second-order valence-corrected chi connectivity index (χ2v) is 6.32. The molecule has 0 saturated heterocycles. The van der Waals surface area contributed by atoms with Gasteiger partial charge in [-0.3, -0.25) is 4.68 Å². The third-order valence-corrected chi connectivity index (χ3v) is 4.92. The van der Waals surface area contributed by atoms with Crippen LogP contribution < -0.4 is 5.32 Å². The maximum atomic E-state index is 4.55. The van der Waals surface area contributed by atoms with Gasteiger partial charge in [0.1, 0.15) is 0 Å². The first-order valence-corrected chi connectivity index (χ1v) is 7.62. The number of aryl methyl sites for hydroxylation is 2. The van der Waals surface area contributed by atoms with E-state index < -0.39 is 0 Å². The lowest BCUT2D eigenvalue weighted by molar-refractivity contribution is 0.253. The van der Waals surface area contributed by atoms with Crippen molar-refractivity contribution >= 4 is 16.7 Å². The summed E-state index contributed by atoms with van der Waals surface area (Å²) in [6, 6.07) is 2.76. The number of pyridine rings is 1. The molecule has 0 spiro atoms. The first kappa shape index (κ1) is 13.4. The lowest BCUT2D eigenvalue weighted by atomic mass is 9.78. The second kappa shape index (κ2) is 5.08. The number of hydrogen-bond donors (Lipinski definition) is 1.